The molecule has 1 atom stereocenters. The van der Waals surface area contributed by atoms with Crippen molar-refractivity contribution in [1.29, 1.82) is 0 Å². The Hall–Kier alpha value is -0.990. The van der Waals surface area contributed by atoms with Crippen molar-refractivity contribution in [2.24, 2.45) is 4.99 Å². The Morgan fingerprint density at radius 1 is 1.14 bits per heavy atom. The van der Waals surface area contributed by atoms with Gasteiger partial charge >= 0.3 is 12.4 Å². The Morgan fingerprint density at radius 3 is 1.71 bits per heavy atom. The first-order chi connectivity index (χ1) is 6.13. The molecule has 0 saturated heterocycles. The molecule has 14 heavy (non-hydrogen) atoms. The number of rotatable bonds is 0. The Morgan fingerprint density at radius 2 is 1.57 bits per heavy atom. The van der Waals surface area contributed by atoms with Gasteiger partial charge < -0.3 is 10.4 Å². The van der Waals surface area contributed by atoms with Crippen molar-refractivity contribution >= 4 is 6.34 Å². The van der Waals surface area contributed by atoms with Gasteiger partial charge in [-0.05, 0) is 0 Å². The average Bonchev–Trinajstić information content (AvgIpc) is 2.27. The van der Waals surface area contributed by atoms with Crippen LogP contribution in [0.15, 0.2) is 4.99 Å². The third-order valence-corrected chi connectivity index (χ3v) is 1.79. The maximum Gasteiger partial charge on any atom is 0.425 e. The lowest BCUT2D eigenvalue weighted by molar-refractivity contribution is -0.320. The Balaban J connectivity index is 3.19. The molecule has 1 aliphatic rings. The van der Waals surface area contributed by atoms with Crippen LogP contribution in [0.1, 0.15) is 0 Å². The molecule has 1 aliphatic heterocycles. The van der Waals surface area contributed by atoms with Gasteiger partial charge in [0.1, 0.15) is 0 Å². The van der Waals surface area contributed by atoms with Crippen molar-refractivity contribution in [1.82, 2.24) is 5.32 Å². The van der Waals surface area contributed by atoms with Crippen molar-refractivity contribution in [3.63, 3.8) is 0 Å². The highest BCUT2D eigenvalue weighted by Gasteiger charge is 2.76. The first kappa shape index (κ1) is 11.1. The van der Waals surface area contributed by atoms with E-state index in [2.05, 4.69) is 4.99 Å². The molecular weight excluding hydrogens is 218 g/mol. The van der Waals surface area contributed by atoms with E-state index < -0.39 is 24.1 Å². The fourth-order valence-corrected chi connectivity index (χ4v) is 1.01. The minimum atomic E-state index is -5.68. The number of alkyl halides is 6. The van der Waals surface area contributed by atoms with Gasteiger partial charge in [-0.2, -0.15) is 26.3 Å². The number of aliphatic hydroxyl groups excluding tert-OH is 1. The zero-order valence-electron chi connectivity index (χ0n) is 6.32. The predicted octanol–water partition coefficient (Wildman–Crippen LogP) is 0.800. The summed E-state index contributed by atoms with van der Waals surface area (Å²) < 4.78 is 72.8. The zero-order chi connectivity index (χ0) is 11.2. The largest absolute Gasteiger partial charge is 0.425 e. The minimum absolute atomic E-state index is 0.186. The highest BCUT2D eigenvalue weighted by atomic mass is 19.4. The second-order valence-corrected chi connectivity index (χ2v) is 2.60. The summed E-state index contributed by atoms with van der Waals surface area (Å²) in [6.07, 6.45) is -14.1. The van der Waals surface area contributed by atoms with Crippen LogP contribution in [-0.4, -0.2) is 35.6 Å². The molecule has 9 heteroatoms. The summed E-state index contributed by atoms with van der Waals surface area (Å²) >= 11 is 0. The van der Waals surface area contributed by atoms with Gasteiger partial charge in [0, 0.05) is 0 Å². The van der Waals surface area contributed by atoms with E-state index in [1.807, 2.05) is 0 Å². The lowest BCUT2D eigenvalue weighted by Gasteiger charge is -2.35. The van der Waals surface area contributed by atoms with E-state index >= 15 is 0 Å². The average molecular weight is 222 g/mol. The molecule has 0 amide bonds. The Kier molecular flexibility index (Phi) is 2.18. The molecule has 0 saturated carbocycles. The van der Waals surface area contributed by atoms with Gasteiger partial charge in [0.05, 0.1) is 6.34 Å². The van der Waals surface area contributed by atoms with E-state index in [1.165, 1.54) is 0 Å². The molecule has 1 rings (SSSR count). The lowest BCUT2D eigenvalue weighted by Crippen LogP contribution is -2.69. The molecule has 0 bridgehead atoms. The van der Waals surface area contributed by atoms with Crippen molar-refractivity contribution < 1.29 is 31.4 Å². The van der Waals surface area contributed by atoms with Crippen molar-refractivity contribution in [3.05, 3.63) is 0 Å². The first-order valence-electron chi connectivity index (χ1n) is 3.24. The normalized spacial score (nSPS) is 26.4. The van der Waals surface area contributed by atoms with Gasteiger partial charge in [0.2, 0.25) is 0 Å². The van der Waals surface area contributed by atoms with Crippen LogP contribution >= 0.6 is 0 Å². The molecule has 0 aromatic heterocycles. The van der Waals surface area contributed by atoms with Crippen LogP contribution in [-0.2, 0) is 0 Å². The maximum atomic E-state index is 12.1. The molecule has 0 aromatic carbocycles. The highest BCUT2D eigenvalue weighted by molar-refractivity contribution is 5.60. The number of halogens is 6. The molecule has 0 radical (unpaired) electrons. The van der Waals surface area contributed by atoms with Crippen LogP contribution in [0.2, 0.25) is 0 Å². The SMILES string of the molecule is OC1N=CNC1(C(F)(F)F)C(F)(F)F. The molecule has 82 valence electrons. The number of hydrogen-bond acceptors (Lipinski definition) is 3. The van der Waals surface area contributed by atoms with Gasteiger partial charge in [-0.3, -0.25) is 0 Å². The highest BCUT2D eigenvalue weighted by Crippen LogP contribution is 2.46. The third kappa shape index (κ3) is 1.22. The van der Waals surface area contributed by atoms with Gasteiger partial charge in [0.15, 0.2) is 6.23 Å². The zero-order valence-corrected chi connectivity index (χ0v) is 6.32. The second-order valence-electron chi connectivity index (χ2n) is 2.60. The summed E-state index contributed by atoms with van der Waals surface area (Å²) in [5, 5.41) is 9.62. The van der Waals surface area contributed by atoms with Crippen molar-refractivity contribution in [2.45, 2.75) is 24.1 Å². The van der Waals surface area contributed by atoms with Gasteiger partial charge in [0.25, 0.3) is 5.54 Å². The van der Waals surface area contributed by atoms with Gasteiger partial charge in [-0.25, -0.2) is 4.99 Å². The fraction of sp³-hybridized carbons (Fsp3) is 0.800. The second kappa shape index (κ2) is 2.75. The third-order valence-electron chi connectivity index (χ3n) is 1.79. The summed E-state index contributed by atoms with van der Waals surface area (Å²) in [5.41, 5.74) is -4.39. The number of nitrogens with zero attached hydrogens (tertiary/aromatic N) is 1. The van der Waals surface area contributed by atoms with E-state index in [9.17, 15) is 26.3 Å². The molecule has 1 unspecified atom stereocenters. The lowest BCUT2D eigenvalue weighted by atomic mass is 9.97. The van der Waals surface area contributed by atoms with Gasteiger partial charge in [-0.1, -0.05) is 0 Å². The van der Waals surface area contributed by atoms with Crippen LogP contribution in [0.4, 0.5) is 26.3 Å². The number of aliphatic imine (C=N–C) groups is 1. The molecular formula is C5H4F6N2O. The van der Waals surface area contributed by atoms with E-state index in [0.29, 0.717) is 0 Å². The summed E-state index contributed by atoms with van der Waals surface area (Å²) in [6.45, 7) is 0. The van der Waals surface area contributed by atoms with E-state index in [1.54, 1.807) is 0 Å². The van der Waals surface area contributed by atoms with Crippen molar-refractivity contribution in [2.75, 3.05) is 0 Å². The maximum absolute atomic E-state index is 12.1. The predicted molar refractivity (Wildman–Crippen MR) is 32.5 cm³/mol. The molecule has 1 heterocycles. The molecule has 0 aromatic rings. The van der Waals surface area contributed by atoms with Crippen molar-refractivity contribution in [3.8, 4) is 0 Å². The quantitative estimate of drug-likeness (QED) is 0.595. The Labute approximate surface area is 73.4 Å². The fourth-order valence-electron chi connectivity index (χ4n) is 1.01. The van der Waals surface area contributed by atoms with Crippen LogP contribution in [0.3, 0.4) is 0 Å². The molecule has 0 fully saturated rings. The number of aliphatic hydroxyl groups is 1. The standard InChI is InChI=1S/C5H4F6N2O/c6-4(7,8)3(5(9,10)11)2(14)12-1-13-3/h1-2,14H,(H,12,13). The topological polar surface area (TPSA) is 44.6 Å². The summed E-state index contributed by atoms with van der Waals surface area (Å²) in [4.78, 5) is 2.60. The monoisotopic (exact) mass is 222 g/mol. The minimum Gasteiger partial charge on any atom is -0.369 e. The van der Waals surface area contributed by atoms with E-state index in [4.69, 9.17) is 5.11 Å². The molecule has 3 nitrogen and oxygen atoms in total. The van der Waals surface area contributed by atoms with E-state index in [-0.39, 0.29) is 6.34 Å². The smallest absolute Gasteiger partial charge is 0.369 e. The number of nitrogens with one attached hydrogen (secondary N) is 1. The molecule has 0 spiro atoms. The molecule has 2 N–H and O–H groups in total. The number of hydrogen-bond donors (Lipinski definition) is 2. The van der Waals surface area contributed by atoms with Crippen LogP contribution in [0.25, 0.3) is 0 Å². The van der Waals surface area contributed by atoms with Gasteiger partial charge in [-0.15, -0.1) is 0 Å². The molecule has 0 aliphatic carbocycles. The summed E-state index contributed by atoms with van der Waals surface area (Å²) in [5.74, 6) is 0. The van der Waals surface area contributed by atoms with E-state index in [0.717, 1.165) is 5.32 Å². The summed E-state index contributed by atoms with van der Waals surface area (Å²) in [7, 11) is 0. The van der Waals surface area contributed by atoms with Crippen LogP contribution in [0.5, 0.6) is 0 Å². The first-order valence-corrected chi connectivity index (χ1v) is 3.24. The summed E-state index contributed by atoms with van der Waals surface area (Å²) in [6, 6.07) is 0. The van der Waals surface area contributed by atoms with Crippen LogP contribution < -0.4 is 5.32 Å². The Bertz CT molecular complexity index is 242. The van der Waals surface area contributed by atoms with Crippen LogP contribution in [0, 0.1) is 0 Å².